The number of alkyl halides is 2. The van der Waals surface area contributed by atoms with Crippen LogP contribution in [0.5, 0.6) is 0 Å². The predicted molar refractivity (Wildman–Crippen MR) is 42.4 cm³/mol. The van der Waals surface area contributed by atoms with Crippen molar-refractivity contribution in [2.75, 3.05) is 0 Å². The standard InChI is InChI=1S/C7H4ClF2NO2/c8-6-5(7(9)10)4(13)1-3(2-12)11-6/h1-2,7H,(H,11,13). The average molecular weight is 208 g/mol. The summed E-state index contributed by atoms with van der Waals surface area (Å²) in [7, 11) is 0. The summed E-state index contributed by atoms with van der Waals surface area (Å²) in [4.78, 5) is 23.3. The molecule has 0 saturated heterocycles. The summed E-state index contributed by atoms with van der Waals surface area (Å²) in [5, 5.41) is -0.496. The van der Waals surface area contributed by atoms with E-state index in [0.717, 1.165) is 6.07 Å². The zero-order chi connectivity index (χ0) is 10.0. The van der Waals surface area contributed by atoms with Gasteiger partial charge in [0.2, 0.25) is 0 Å². The minimum absolute atomic E-state index is 0.126. The van der Waals surface area contributed by atoms with Gasteiger partial charge in [-0.2, -0.15) is 0 Å². The van der Waals surface area contributed by atoms with Crippen molar-refractivity contribution in [3.05, 3.63) is 32.7 Å². The van der Waals surface area contributed by atoms with Crippen LogP contribution in [-0.2, 0) is 0 Å². The second-order valence-corrected chi connectivity index (χ2v) is 2.61. The molecule has 0 aromatic carbocycles. The summed E-state index contributed by atoms with van der Waals surface area (Å²) >= 11 is 5.31. The molecule has 0 fully saturated rings. The van der Waals surface area contributed by atoms with Crippen molar-refractivity contribution in [3.8, 4) is 0 Å². The van der Waals surface area contributed by atoms with Crippen LogP contribution in [0.2, 0.25) is 5.15 Å². The van der Waals surface area contributed by atoms with Gasteiger partial charge in [0, 0.05) is 6.07 Å². The SMILES string of the molecule is O=Cc1cc(=O)c(C(F)F)c(Cl)[nH]1. The van der Waals surface area contributed by atoms with Gasteiger partial charge in [-0.25, -0.2) is 8.78 Å². The van der Waals surface area contributed by atoms with Crippen LogP contribution in [0.15, 0.2) is 10.9 Å². The number of H-pyrrole nitrogens is 1. The van der Waals surface area contributed by atoms with Gasteiger partial charge in [0.25, 0.3) is 6.43 Å². The number of halogens is 3. The maximum Gasteiger partial charge on any atom is 0.270 e. The van der Waals surface area contributed by atoms with E-state index < -0.39 is 22.6 Å². The number of pyridine rings is 1. The Morgan fingerprint density at radius 1 is 1.54 bits per heavy atom. The zero-order valence-electron chi connectivity index (χ0n) is 6.18. The van der Waals surface area contributed by atoms with Crippen LogP contribution in [0, 0.1) is 0 Å². The van der Waals surface area contributed by atoms with Gasteiger partial charge < -0.3 is 4.98 Å². The fraction of sp³-hybridized carbons (Fsp3) is 0.143. The summed E-state index contributed by atoms with van der Waals surface area (Å²) in [6.45, 7) is 0. The molecule has 0 bridgehead atoms. The number of aldehydes is 1. The van der Waals surface area contributed by atoms with Gasteiger partial charge in [0.15, 0.2) is 11.7 Å². The monoisotopic (exact) mass is 207 g/mol. The molecule has 0 unspecified atom stereocenters. The van der Waals surface area contributed by atoms with Gasteiger partial charge in [0.1, 0.15) is 10.7 Å². The van der Waals surface area contributed by atoms with Gasteiger partial charge in [-0.3, -0.25) is 9.59 Å². The third kappa shape index (κ3) is 1.92. The molecular weight excluding hydrogens is 204 g/mol. The quantitative estimate of drug-likeness (QED) is 0.594. The van der Waals surface area contributed by atoms with Crippen LogP contribution in [0.1, 0.15) is 22.5 Å². The van der Waals surface area contributed by atoms with E-state index in [9.17, 15) is 18.4 Å². The molecule has 3 nitrogen and oxygen atoms in total. The molecule has 1 rings (SSSR count). The highest BCUT2D eigenvalue weighted by Crippen LogP contribution is 2.21. The number of hydrogen-bond acceptors (Lipinski definition) is 2. The van der Waals surface area contributed by atoms with Gasteiger partial charge >= 0.3 is 0 Å². The fourth-order valence-electron chi connectivity index (χ4n) is 0.824. The first-order valence-corrected chi connectivity index (χ1v) is 3.60. The molecule has 1 N–H and O–H groups in total. The lowest BCUT2D eigenvalue weighted by Crippen LogP contribution is -2.12. The number of rotatable bonds is 2. The third-order valence-electron chi connectivity index (χ3n) is 1.39. The lowest BCUT2D eigenvalue weighted by Gasteiger charge is -2.01. The van der Waals surface area contributed by atoms with E-state index in [4.69, 9.17) is 11.6 Å². The van der Waals surface area contributed by atoms with Crippen molar-refractivity contribution in [1.29, 1.82) is 0 Å². The van der Waals surface area contributed by atoms with Gasteiger partial charge in [-0.1, -0.05) is 11.6 Å². The van der Waals surface area contributed by atoms with Crippen molar-refractivity contribution in [3.63, 3.8) is 0 Å². The Kier molecular flexibility index (Phi) is 2.77. The normalized spacial score (nSPS) is 10.5. The highest BCUT2D eigenvalue weighted by Gasteiger charge is 2.17. The van der Waals surface area contributed by atoms with Crippen LogP contribution < -0.4 is 5.43 Å². The molecule has 6 heteroatoms. The number of carbonyl (C=O) groups is 1. The molecule has 1 aromatic heterocycles. The summed E-state index contributed by atoms with van der Waals surface area (Å²) in [6.07, 6.45) is -2.63. The predicted octanol–water partition coefficient (Wildman–Crippen LogP) is 1.78. The average Bonchev–Trinajstić information content (AvgIpc) is 2.02. The van der Waals surface area contributed by atoms with E-state index in [0.29, 0.717) is 6.29 Å². The topological polar surface area (TPSA) is 49.9 Å². The van der Waals surface area contributed by atoms with Crippen molar-refractivity contribution in [2.45, 2.75) is 6.43 Å². The molecular formula is C7H4ClF2NO2. The van der Waals surface area contributed by atoms with E-state index in [2.05, 4.69) is 4.98 Å². The summed E-state index contributed by atoms with van der Waals surface area (Å²) < 4.78 is 24.3. The first-order chi connectivity index (χ1) is 6.06. The van der Waals surface area contributed by atoms with Gasteiger partial charge in [-0.05, 0) is 0 Å². The van der Waals surface area contributed by atoms with Gasteiger partial charge in [-0.15, -0.1) is 0 Å². The van der Waals surface area contributed by atoms with E-state index in [1.807, 2.05) is 0 Å². The summed E-state index contributed by atoms with van der Waals surface area (Å²) in [5.41, 5.74) is -1.88. The Morgan fingerprint density at radius 3 is 2.54 bits per heavy atom. The smallest absolute Gasteiger partial charge is 0.270 e. The Labute approximate surface area is 76.3 Å². The molecule has 0 aliphatic rings. The Balaban J connectivity index is 3.40. The minimum Gasteiger partial charge on any atom is -0.343 e. The van der Waals surface area contributed by atoms with Crippen LogP contribution in [0.4, 0.5) is 8.78 Å². The van der Waals surface area contributed by atoms with Crippen LogP contribution >= 0.6 is 11.6 Å². The highest BCUT2D eigenvalue weighted by atomic mass is 35.5. The molecule has 13 heavy (non-hydrogen) atoms. The Hall–Kier alpha value is -1.23. The molecule has 70 valence electrons. The van der Waals surface area contributed by atoms with Crippen molar-refractivity contribution < 1.29 is 13.6 Å². The maximum atomic E-state index is 12.1. The molecule has 1 aromatic rings. The van der Waals surface area contributed by atoms with Crippen LogP contribution in [0.25, 0.3) is 0 Å². The highest BCUT2D eigenvalue weighted by molar-refractivity contribution is 6.30. The second-order valence-electron chi connectivity index (χ2n) is 2.24. The Bertz CT molecular complexity index is 389. The molecule has 0 atom stereocenters. The van der Waals surface area contributed by atoms with E-state index >= 15 is 0 Å². The number of aromatic nitrogens is 1. The van der Waals surface area contributed by atoms with Crippen molar-refractivity contribution in [2.24, 2.45) is 0 Å². The van der Waals surface area contributed by atoms with E-state index in [1.165, 1.54) is 0 Å². The van der Waals surface area contributed by atoms with Crippen LogP contribution in [0.3, 0.4) is 0 Å². The first-order valence-electron chi connectivity index (χ1n) is 3.22. The number of hydrogen-bond donors (Lipinski definition) is 1. The maximum absolute atomic E-state index is 12.1. The second kappa shape index (κ2) is 3.66. The number of nitrogens with one attached hydrogen (secondary N) is 1. The lowest BCUT2D eigenvalue weighted by atomic mass is 10.2. The van der Waals surface area contributed by atoms with E-state index in [1.54, 1.807) is 0 Å². The van der Waals surface area contributed by atoms with Crippen molar-refractivity contribution in [1.82, 2.24) is 4.98 Å². The molecule has 0 aliphatic heterocycles. The number of carbonyl (C=O) groups excluding carboxylic acids is 1. The molecule has 0 radical (unpaired) electrons. The van der Waals surface area contributed by atoms with Crippen molar-refractivity contribution >= 4 is 17.9 Å². The number of aromatic amines is 1. The fourth-order valence-corrected chi connectivity index (χ4v) is 1.11. The first kappa shape index (κ1) is 9.85. The zero-order valence-corrected chi connectivity index (χ0v) is 6.94. The lowest BCUT2D eigenvalue weighted by molar-refractivity contribution is 0.111. The largest absolute Gasteiger partial charge is 0.343 e. The van der Waals surface area contributed by atoms with Crippen LogP contribution in [-0.4, -0.2) is 11.3 Å². The Morgan fingerprint density at radius 2 is 2.15 bits per heavy atom. The third-order valence-corrected chi connectivity index (χ3v) is 1.69. The molecule has 0 aliphatic carbocycles. The summed E-state index contributed by atoms with van der Waals surface area (Å²) in [5.74, 6) is 0. The molecule has 0 amide bonds. The minimum atomic E-state index is -2.95. The van der Waals surface area contributed by atoms with Gasteiger partial charge in [0.05, 0.1) is 5.69 Å². The molecule has 0 spiro atoms. The summed E-state index contributed by atoms with van der Waals surface area (Å²) in [6, 6.07) is 0.778. The molecule has 1 heterocycles. The van der Waals surface area contributed by atoms with E-state index in [-0.39, 0.29) is 5.69 Å². The molecule has 0 saturated carbocycles.